The third-order valence-corrected chi connectivity index (χ3v) is 2.63. The highest BCUT2D eigenvalue weighted by Gasteiger charge is 2.40. The van der Waals surface area contributed by atoms with E-state index in [0.29, 0.717) is 13.1 Å². The molecule has 0 aromatic heterocycles. The van der Waals surface area contributed by atoms with Gasteiger partial charge in [0.1, 0.15) is 6.04 Å². The van der Waals surface area contributed by atoms with Crippen molar-refractivity contribution in [2.24, 2.45) is 11.7 Å². The van der Waals surface area contributed by atoms with Gasteiger partial charge in [0.25, 0.3) is 5.91 Å². The third kappa shape index (κ3) is 1.72. The van der Waals surface area contributed by atoms with Crippen LogP contribution in [0.25, 0.3) is 0 Å². The molecule has 1 aliphatic heterocycles. The summed E-state index contributed by atoms with van der Waals surface area (Å²) in [7, 11) is 1.64. The summed E-state index contributed by atoms with van der Waals surface area (Å²) in [6.07, 6.45) is 0. The highest BCUT2D eigenvalue weighted by Crippen LogP contribution is 2.16. The standard InChI is InChI=1S/C9H17N3O2/c1-6(4-10)5-12-8(13)7(2)11(3)9(12)14/h6-7H,4-5,10H2,1-3H3. The topological polar surface area (TPSA) is 66.6 Å². The van der Waals surface area contributed by atoms with Gasteiger partial charge in [-0.05, 0) is 19.4 Å². The Balaban J connectivity index is 2.70. The van der Waals surface area contributed by atoms with Crippen LogP contribution in [0.15, 0.2) is 0 Å². The van der Waals surface area contributed by atoms with Crippen LogP contribution in [0.2, 0.25) is 0 Å². The van der Waals surface area contributed by atoms with Gasteiger partial charge in [0.05, 0.1) is 0 Å². The molecule has 0 aromatic carbocycles. The molecule has 0 aromatic rings. The van der Waals surface area contributed by atoms with Crippen LogP contribution in [0.4, 0.5) is 4.79 Å². The molecular formula is C9H17N3O2. The number of amides is 3. The Morgan fingerprint density at radius 2 is 2.07 bits per heavy atom. The van der Waals surface area contributed by atoms with Gasteiger partial charge in [-0.2, -0.15) is 0 Å². The minimum atomic E-state index is -0.340. The van der Waals surface area contributed by atoms with Crippen molar-refractivity contribution in [2.75, 3.05) is 20.1 Å². The molecule has 1 heterocycles. The summed E-state index contributed by atoms with van der Waals surface area (Å²) in [4.78, 5) is 25.9. The second kappa shape index (κ2) is 3.96. The van der Waals surface area contributed by atoms with Gasteiger partial charge in [0.15, 0.2) is 0 Å². The SMILES string of the molecule is CC(CN)CN1C(=O)C(C)N(C)C1=O. The molecule has 0 aliphatic carbocycles. The van der Waals surface area contributed by atoms with E-state index in [0.717, 1.165) is 0 Å². The van der Waals surface area contributed by atoms with Crippen molar-refractivity contribution in [1.82, 2.24) is 9.80 Å². The lowest BCUT2D eigenvalue weighted by Gasteiger charge is -2.17. The predicted octanol–water partition coefficient (Wildman–Crippen LogP) is -0.136. The quantitative estimate of drug-likeness (QED) is 0.643. The van der Waals surface area contributed by atoms with E-state index in [4.69, 9.17) is 5.73 Å². The van der Waals surface area contributed by atoms with Crippen molar-refractivity contribution in [3.05, 3.63) is 0 Å². The molecule has 5 nitrogen and oxygen atoms in total. The molecule has 1 fully saturated rings. The van der Waals surface area contributed by atoms with E-state index in [1.165, 1.54) is 9.80 Å². The second-order valence-electron chi connectivity index (χ2n) is 3.86. The molecule has 0 bridgehead atoms. The molecule has 5 heteroatoms. The van der Waals surface area contributed by atoms with Crippen LogP contribution in [0.1, 0.15) is 13.8 Å². The fourth-order valence-corrected chi connectivity index (χ4v) is 1.40. The van der Waals surface area contributed by atoms with Crippen LogP contribution in [0.5, 0.6) is 0 Å². The number of nitrogens with zero attached hydrogens (tertiary/aromatic N) is 2. The normalized spacial score (nSPS) is 24.7. The van der Waals surface area contributed by atoms with Crippen LogP contribution in [0.3, 0.4) is 0 Å². The first kappa shape index (κ1) is 11.0. The third-order valence-electron chi connectivity index (χ3n) is 2.63. The monoisotopic (exact) mass is 199 g/mol. The fourth-order valence-electron chi connectivity index (χ4n) is 1.40. The second-order valence-corrected chi connectivity index (χ2v) is 3.86. The molecule has 80 valence electrons. The van der Waals surface area contributed by atoms with E-state index in [2.05, 4.69) is 0 Å². The van der Waals surface area contributed by atoms with E-state index >= 15 is 0 Å². The largest absolute Gasteiger partial charge is 0.330 e. The van der Waals surface area contributed by atoms with Gasteiger partial charge in [-0.15, -0.1) is 0 Å². The average Bonchev–Trinajstić information content (AvgIpc) is 2.35. The summed E-state index contributed by atoms with van der Waals surface area (Å²) in [6, 6.07) is -0.560. The molecule has 0 radical (unpaired) electrons. The van der Waals surface area contributed by atoms with E-state index in [1.807, 2.05) is 6.92 Å². The van der Waals surface area contributed by atoms with Crippen molar-refractivity contribution >= 4 is 11.9 Å². The molecule has 2 atom stereocenters. The Kier molecular flexibility index (Phi) is 3.10. The van der Waals surface area contributed by atoms with Gasteiger partial charge in [-0.3, -0.25) is 9.69 Å². The lowest BCUT2D eigenvalue weighted by atomic mass is 10.2. The zero-order chi connectivity index (χ0) is 10.9. The van der Waals surface area contributed by atoms with E-state index < -0.39 is 0 Å². The smallest absolute Gasteiger partial charge is 0.327 e. The molecule has 3 amide bonds. The Morgan fingerprint density at radius 3 is 2.43 bits per heavy atom. The number of hydrogen-bond acceptors (Lipinski definition) is 3. The van der Waals surface area contributed by atoms with Gasteiger partial charge < -0.3 is 10.6 Å². The summed E-state index contributed by atoms with van der Waals surface area (Å²) in [5.41, 5.74) is 5.45. The summed E-state index contributed by atoms with van der Waals surface area (Å²) in [5, 5.41) is 0. The van der Waals surface area contributed by atoms with Crippen LogP contribution in [-0.4, -0.2) is 47.9 Å². The summed E-state index contributed by atoms with van der Waals surface area (Å²) >= 11 is 0. The van der Waals surface area contributed by atoms with Crippen molar-refractivity contribution in [2.45, 2.75) is 19.9 Å². The highest BCUT2D eigenvalue weighted by molar-refractivity contribution is 6.03. The number of carbonyl (C=O) groups is 2. The maximum Gasteiger partial charge on any atom is 0.327 e. The van der Waals surface area contributed by atoms with Crippen molar-refractivity contribution < 1.29 is 9.59 Å². The average molecular weight is 199 g/mol. The van der Waals surface area contributed by atoms with E-state index in [1.54, 1.807) is 14.0 Å². The molecule has 0 saturated carbocycles. The number of imide groups is 1. The number of likely N-dealkylation sites (N-methyl/N-ethyl adjacent to an activating group) is 1. The number of urea groups is 1. The van der Waals surface area contributed by atoms with Gasteiger partial charge in [0.2, 0.25) is 0 Å². The lowest BCUT2D eigenvalue weighted by molar-refractivity contribution is -0.128. The van der Waals surface area contributed by atoms with Gasteiger partial charge in [-0.1, -0.05) is 6.92 Å². The zero-order valence-corrected chi connectivity index (χ0v) is 8.86. The maximum atomic E-state index is 11.6. The Bertz CT molecular complexity index is 234. The number of nitrogens with two attached hydrogens (primary N) is 1. The molecule has 0 spiro atoms. The summed E-state index contributed by atoms with van der Waals surface area (Å²) in [5.74, 6) is 0.0272. The van der Waals surface area contributed by atoms with Crippen molar-refractivity contribution in [1.29, 1.82) is 0 Å². The van der Waals surface area contributed by atoms with Gasteiger partial charge >= 0.3 is 6.03 Å². The molecule has 14 heavy (non-hydrogen) atoms. The van der Waals surface area contributed by atoms with Crippen LogP contribution in [-0.2, 0) is 4.79 Å². The molecule has 2 N–H and O–H groups in total. The first-order valence-electron chi connectivity index (χ1n) is 4.77. The zero-order valence-electron chi connectivity index (χ0n) is 8.86. The highest BCUT2D eigenvalue weighted by atomic mass is 16.2. The molecule has 1 saturated heterocycles. The molecule has 1 rings (SSSR count). The Labute approximate surface area is 83.8 Å². The Hall–Kier alpha value is -1.10. The lowest BCUT2D eigenvalue weighted by Crippen LogP contribution is -2.37. The first-order chi connectivity index (χ1) is 6.49. The predicted molar refractivity (Wildman–Crippen MR) is 52.6 cm³/mol. The molecule has 2 unspecified atom stereocenters. The fraction of sp³-hybridized carbons (Fsp3) is 0.778. The van der Waals surface area contributed by atoms with Crippen LogP contribution < -0.4 is 5.73 Å². The summed E-state index contributed by atoms with van der Waals surface area (Å²) in [6.45, 7) is 4.55. The van der Waals surface area contributed by atoms with Gasteiger partial charge in [0, 0.05) is 13.6 Å². The molecule has 1 aliphatic rings. The van der Waals surface area contributed by atoms with E-state index in [9.17, 15) is 9.59 Å². The van der Waals surface area contributed by atoms with Gasteiger partial charge in [-0.25, -0.2) is 4.79 Å². The first-order valence-corrected chi connectivity index (χ1v) is 4.77. The minimum absolute atomic E-state index is 0.127. The minimum Gasteiger partial charge on any atom is -0.330 e. The number of rotatable bonds is 3. The maximum absolute atomic E-state index is 11.6. The van der Waals surface area contributed by atoms with Crippen molar-refractivity contribution in [3.8, 4) is 0 Å². The number of hydrogen-bond donors (Lipinski definition) is 1. The summed E-state index contributed by atoms with van der Waals surface area (Å²) < 4.78 is 0. The van der Waals surface area contributed by atoms with Crippen LogP contribution >= 0.6 is 0 Å². The Morgan fingerprint density at radius 1 is 1.50 bits per heavy atom. The molecular weight excluding hydrogens is 182 g/mol. The van der Waals surface area contributed by atoms with E-state index in [-0.39, 0.29) is 23.9 Å². The van der Waals surface area contributed by atoms with Crippen molar-refractivity contribution in [3.63, 3.8) is 0 Å². The van der Waals surface area contributed by atoms with Crippen LogP contribution in [0, 0.1) is 5.92 Å². The number of carbonyl (C=O) groups excluding carboxylic acids is 2.